The van der Waals surface area contributed by atoms with Gasteiger partial charge in [0.25, 0.3) is 0 Å². The Morgan fingerprint density at radius 3 is 2.69 bits per heavy atom. The molecule has 0 unspecified atom stereocenters. The highest BCUT2D eigenvalue weighted by atomic mass is 19.1. The van der Waals surface area contributed by atoms with Crippen LogP contribution in [0, 0.1) is 5.82 Å². The minimum absolute atomic E-state index is 0.167. The lowest BCUT2D eigenvalue weighted by molar-refractivity contribution is 0.589. The van der Waals surface area contributed by atoms with E-state index in [9.17, 15) is 4.39 Å². The fraction of sp³-hybridized carbons (Fsp3) is 0.545. The van der Waals surface area contributed by atoms with E-state index in [0.717, 1.165) is 11.3 Å². The lowest BCUT2D eigenvalue weighted by atomic mass is 10.0. The molecule has 1 nitrogen and oxygen atoms in total. The summed E-state index contributed by atoms with van der Waals surface area (Å²) in [4.78, 5) is 4.11. The number of pyridine rings is 1. The predicted octanol–water partition coefficient (Wildman–Crippen LogP) is 3.22. The number of halogens is 1. The van der Waals surface area contributed by atoms with Crippen molar-refractivity contribution < 1.29 is 4.39 Å². The van der Waals surface area contributed by atoms with E-state index in [1.54, 1.807) is 0 Å². The summed E-state index contributed by atoms with van der Waals surface area (Å²) in [5.74, 6) is 0.693. The molecule has 0 aliphatic heterocycles. The van der Waals surface area contributed by atoms with Crippen molar-refractivity contribution in [2.45, 2.75) is 38.5 Å². The molecule has 1 aromatic rings. The quantitative estimate of drug-likeness (QED) is 0.679. The molecule has 0 atom stereocenters. The molecule has 13 heavy (non-hydrogen) atoms. The van der Waals surface area contributed by atoms with Gasteiger partial charge in [0, 0.05) is 11.6 Å². The number of aromatic nitrogens is 1. The van der Waals surface area contributed by atoms with E-state index in [1.165, 1.54) is 19.0 Å². The molecular weight excluding hydrogens is 165 g/mol. The molecule has 1 heterocycles. The number of rotatable bonds is 2. The molecule has 1 aromatic heterocycles. The smallest absolute Gasteiger partial charge is 0.144 e. The second-order valence-corrected chi connectivity index (χ2v) is 4.06. The normalized spacial score (nSPS) is 16.6. The van der Waals surface area contributed by atoms with Crippen LogP contribution in [-0.4, -0.2) is 4.98 Å². The van der Waals surface area contributed by atoms with E-state index in [4.69, 9.17) is 0 Å². The van der Waals surface area contributed by atoms with E-state index >= 15 is 0 Å². The van der Waals surface area contributed by atoms with Crippen LogP contribution in [0.15, 0.2) is 12.3 Å². The van der Waals surface area contributed by atoms with Crippen molar-refractivity contribution in [3.63, 3.8) is 0 Å². The zero-order valence-electron chi connectivity index (χ0n) is 8.05. The van der Waals surface area contributed by atoms with Gasteiger partial charge in [-0.3, -0.25) is 4.98 Å². The number of nitrogens with zero attached hydrogens (tertiary/aromatic N) is 1. The summed E-state index contributed by atoms with van der Waals surface area (Å²) in [6, 6.07) is 1.93. The molecule has 2 heteroatoms. The summed E-state index contributed by atoms with van der Waals surface area (Å²) in [7, 11) is 0. The Labute approximate surface area is 78.0 Å². The van der Waals surface area contributed by atoms with Crippen molar-refractivity contribution in [3.8, 4) is 0 Å². The molecule has 0 spiro atoms. The molecular formula is C11H14FN. The Bertz CT molecular complexity index is 316. The molecule has 0 amide bonds. The molecule has 1 aliphatic rings. The third-order valence-corrected chi connectivity index (χ3v) is 2.52. The van der Waals surface area contributed by atoms with Gasteiger partial charge in [0.2, 0.25) is 0 Å². The Hall–Kier alpha value is -0.920. The van der Waals surface area contributed by atoms with Crippen LogP contribution >= 0.6 is 0 Å². The molecule has 70 valence electrons. The molecule has 1 saturated carbocycles. The highest BCUT2D eigenvalue weighted by molar-refractivity contribution is 5.25. The molecule has 0 N–H and O–H groups in total. The largest absolute Gasteiger partial charge is 0.258 e. The first-order chi connectivity index (χ1) is 6.18. The van der Waals surface area contributed by atoms with E-state index in [0.29, 0.717) is 5.92 Å². The van der Waals surface area contributed by atoms with Crippen molar-refractivity contribution in [2.24, 2.45) is 0 Å². The highest BCUT2D eigenvalue weighted by Gasteiger charge is 2.25. The second-order valence-electron chi connectivity index (χ2n) is 4.06. The van der Waals surface area contributed by atoms with E-state index < -0.39 is 0 Å². The van der Waals surface area contributed by atoms with Crippen LogP contribution in [0.1, 0.15) is 49.8 Å². The van der Waals surface area contributed by atoms with Crippen LogP contribution in [0.5, 0.6) is 0 Å². The Balaban J connectivity index is 2.36. The average molecular weight is 179 g/mol. The van der Waals surface area contributed by atoms with Crippen LogP contribution < -0.4 is 0 Å². The van der Waals surface area contributed by atoms with Crippen molar-refractivity contribution >= 4 is 0 Å². The van der Waals surface area contributed by atoms with Gasteiger partial charge < -0.3 is 0 Å². The lowest BCUT2D eigenvalue weighted by Crippen LogP contribution is -1.97. The van der Waals surface area contributed by atoms with Gasteiger partial charge in [-0.2, -0.15) is 0 Å². The number of hydrogen-bond donors (Lipinski definition) is 0. The second kappa shape index (κ2) is 3.09. The van der Waals surface area contributed by atoms with E-state index in [2.05, 4.69) is 4.98 Å². The number of hydrogen-bond acceptors (Lipinski definition) is 1. The van der Waals surface area contributed by atoms with Gasteiger partial charge in [-0.15, -0.1) is 0 Å². The Morgan fingerprint density at radius 2 is 2.15 bits per heavy atom. The molecule has 2 rings (SSSR count). The third-order valence-electron chi connectivity index (χ3n) is 2.52. The Morgan fingerprint density at radius 1 is 1.46 bits per heavy atom. The fourth-order valence-corrected chi connectivity index (χ4v) is 1.52. The summed E-state index contributed by atoms with van der Waals surface area (Å²) in [6.07, 6.45) is 3.80. The first kappa shape index (κ1) is 8.67. The van der Waals surface area contributed by atoms with Gasteiger partial charge in [0.15, 0.2) is 0 Å². The molecule has 0 bridgehead atoms. The topological polar surface area (TPSA) is 12.9 Å². The first-order valence-corrected chi connectivity index (χ1v) is 4.84. The molecule has 1 fully saturated rings. The SMILES string of the molecule is CC(C)c1cc(C2CC2)ncc1F. The van der Waals surface area contributed by atoms with Crippen molar-refractivity contribution in [1.82, 2.24) is 4.98 Å². The minimum Gasteiger partial charge on any atom is -0.258 e. The molecule has 1 aliphatic carbocycles. The van der Waals surface area contributed by atoms with Crippen LogP contribution in [0.2, 0.25) is 0 Å². The summed E-state index contributed by atoms with van der Waals surface area (Å²) < 4.78 is 13.2. The summed E-state index contributed by atoms with van der Waals surface area (Å²) >= 11 is 0. The summed E-state index contributed by atoms with van der Waals surface area (Å²) in [6.45, 7) is 4.02. The van der Waals surface area contributed by atoms with Crippen LogP contribution in [0.4, 0.5) is 4.39 Å². The Kier molecular flexibility index (Phi) is 2.06. The molecule has 0 aromatic carbocycles. The zero-order valence-corrected chi connectivity index (χ0v) is 8.05. The van der Waals surface area contributed by atoms with Gasteiger partial charge in [-0.05, 0) is 30.4 Å². The fourth-order valence-electron chi connectivity index (χ4n) is 1.52. The van der Waals surface area contributed by atoms with E-state index in [-0.39, 0.29) is 11.7 Å². The summed E-state index contributed by atoms with van der Waals surface area (Å²) in [5.41, 5.74) is 1.88. The van der Waals surface area contributed by atoms with Crippen LogP contribution in [-0.2, 0) is 0 Å². The lowest BCUT2D eigenvalue weighted by Gasteiger charge is -2.08. The van der Waals surface area contributed by atoms with Crippen LogP contribution in [0.3, 0.4) is 0 Å². The first-order valence-electron chi connectivity index (χ1n) is 4.84. The summed E-state index contributed by atoms with van der Waals surface area (Å²) in [5, 5.41) is 0. The molecule has 0 radical (unpaired) electrons. The standard InChI is InChI=1S/C11H14FN/c1-7(2)9-5-11(8-3-4-8)13-6-10(9)12/h5-8H,3-4H2,1-2H3. The van der Waals surface area contributed by atoms with Gasteiger partial charge in [-0.25, -0.2) is 4.39 Å². The van der Waals surface area contributed by atoms with Gasteiger partial charge in [0.05, 0.1) is 6.20 Å². The maximum Gasteiger partial charge on any atom is 0.144 e. The van der Waals surface area contributed by atoms with Crippen molar-refractivity contribution in [1.29, 1.82) is 0 Å². The monoisotopic (exact) mass is 179 g/mol. The maximum absolute atomic E-state index is 13.2. The zero-order chi connectivity index (χ0) is 9.42. The third kappa shape index (κ3) is 1.71. The highest BCUT2D eigenvalue weighted by Crippen LogP contribution is 2.39. The molecule has 0 saturated heterocycles. The van der Waals surface area contributed by atoms with Crippen molar-refractivity contribution in [2.75, 3.05) is 0 Å². The van der Waals surface area contributed by atoms with Crippen LogP contribution in [0.25, 0.3) is 0 Å². The van der Waals surface area contributed by atoms with E-state index in [1.807, 2.05) is 19.9 Å². The predicted molar refractivity (Wildman–Crippen MR) is 50.3 cm³/mol. The van der Waals surface area contributed by atoms with Gasteiger partial charge in [-0.1, -0.05) is 13.8 Å². The van der Waals surface area contributed by atoms with Gasteiger partial charge >= 0.3 is 0 Å². The maximum atomic E-state index is 13.2. The average Bonchev–Trinajstić information content (AvgIpc) is 2.87. The minimum atomic E-state index is -0.167. The van der Waals surface area contributed by atoms with Crippen molar-refractivity contribution in [3.05, 3.63) is 29.3 Å². The van der Waals surface area contributed by atoms with Gasteiger partial charge in [0.1, 0.15) is 5.82 Å².